The van der Waals surface area contributed by atoms with Crippen LogP contribution >= 0.6 is 0 Å². The second-order valence-corrected chi connectivity index (χ2v) is 14.7. The highest BCUT2D eigenvalue weighted by molar-refractivity contribution is 7.91. The first kappa shape index (κ1) is 35.4. The molecule has 2 aliphatic rings. The second kappa shape index (κ2) is 15.3. The van der Waals surface area contributed by atoms with Crippen LogP contribution < -0.4 is 15.6 Å². The van der Waals surface area contributed by atoms with Crippen LogP contribution in [0.2, 0.25) is 0 Å². The van der Waals surface area contributed by atoms with Gasteiger partial charge in [-0.05, 0) is 64.2 Å². The monoisotopic (exact) mass is 728 g/mol. The highest BCUT2D eigenvalue weighted by Gasteiger charge is 2.54. The molecule has 0 fully saturated rings. The van der Waals surface area contributed by atoms with Gasteiger partial charge in [0.2, 0.25) is 5.90 Å². The summed E-state index contributed by atoms with van der Waals surface area (Å²) in [4.78, 5) is 23.0. The minimum atomic E-state index is -3.90. The molecule has 13 heteroatoms. The lowest BCUT2D eigenvalue weighted by Crippen LogP contribution is -2.54. The van der Waals surface area contributed by atoms with Gasteiger partial charge in [0, 0.05) is 41.2 Å². The first-order chi connectivity index (χ1) is 25.8. The fourth-order valence-electron chi connectivity index (χ4n) is 6.79. The topological polar surface area (TPSA) is 175 Å². The third kappa shape index (κ3) is 7.11. The lowest BCUT2D eigenvalue weighted by atomic mass is 9.84. The van der Waals surface area contributed by atoms with Crippen molar-refractivity contribution in [3.63, 3.8) is 0 Å². The Morgan fingerprint density at radius 3 is 2.15 bits per heavy atom. The van der Waals surface area contributed by atoms with Gasteiger partial charge in [-0.3, -0.25) is 10.2 Å². The molecule has 53 heavy (non-hydrogen) atoms. The van der Waals surface area contributed by atoms with Crippen LogP contribution in [-0.2, 0) is 19.4 Å². The van der Waals surface area contributed by atoms with Crippen molar-refractivity contribution in [1.82, 2.24) is 10.9 Å². The molecular weight excluding hydrogens is 693 g/mol. The number of carbonyl (C=O) groups excluding carboxylic acids is 1. The SMILES string of the molecule is [N-]=[N+]=Nc1ccccc1[C@@H]1OC(c2ccc(OCCCO)cc2)=N[C@]1(CCS(=O)(=O)c1ccccc1)C(=O)NNC1c2ccccc2-c2ccccc21. The quantitative estimate of drug-likeness (QED) is 0.0366. The van der Waals surface area contributed by atoms with Crippen molar-refractivity contribution >= 4 is 27.3 Å². The number of azide groups is 1. The summed E-state index contributed by atoms with van der Waals surface area (Å²) < 4.78 is 39.8. The number of ether oxygens (including phenoxy) is 2. The summed E-state index contributed by atoms with van der Waals surface area (Å²) in [7, 11) is -3.90. The minimum Gasteiger partial charge on any atom is -0.494 e. The van der Waals surface area contributed by atoms with Gasteiger partial charge in [0.15, 0.2) is 21.5 Å². The number of amides is 1. The lowest BCUT2D eigenvalue weighted by molar-refractivity contribution is -0.130. The van der Waals surface area contributed by atoms with E-state index in [9.17, 15) is 18.7 Å². The number of benzene rings is 5. The average molecular weight is 729 g/mol. The first-order valence-electron chi connectivity index (χ1n) is 17.1. The molecular formula is C40H36N6O6S. The molecule has 1 heterocycles. The van der Waals surface area contributed by atoms with E-state index < -0.39 is 39.2 Å². The van der Waals surface area contributed by atoms with Gasteiger partial charge in [-0.2, -0.15) is 0 Å². The van der Waals surface area contributed by atoms with Crippen molar-refractivity contribution in [1.29, 1.82) is 0 Å². The largest absolute Gasteiger partial charge is 0.494 e. The number of aliphatic hydroxyl groups is 1. The number of rotatable bonds is 14. The lowest BCUT2D eigenvalue weighted by Gasteiger charge is -2.32. The van der Waals surface area contributed by atoms with Crippen LogP contribution in [0, 0.1) is 0 Å². The maximum Gasteiger partial charge on any atom is 0.266 e. The molecule has 0 spiro atoms. The van der Waals surface area contributed by atoms with E-state index in [1.165, 1.54) is 12.1 Å². The molecule has 1 aliphatic heterocycles. The summed E-state index contributed by atoms with van der Waals surface area (Å²) in [6.45, 7) is 0.327. The number of aliphatic imine (C=N–C) groups is 1. The van der Waals surface area contributed by atoms with E-state index in [1.807, 2.05) is 48.5 Å². The Morgan fingerprint density at radius 1 is 0.868 bits per heavy atom. The van der Waals surface area contributed by atoms with E-state index in [0.717, 1.165) is 22.3 Å². The summed E-state index contributed by atoms with van der Waals surface area (Å²) in [6.07, 6.45) is -1.01. The predicted octanol–water partition coefficient (Wildman–Crippen LogP) is 6.90. The van der Waals surface area contributed by atoms with E-state index in [0.29, 0.717) is 29.9 Å². The van der Waals surface area contributed by atoms with Crippen LogP contribution in [0.1, 0.15) is 47.2 Å². The average Bonchev–Trinajstić information content (AvgIpc) is 3.74. The molecule has 0 unspecified atom stereocenters. The normalized spacial score (nSPS) is 17.5. The fourth-order valence-corrected chi connectivity index (χ4v) is 8.18. The highest BCUT2D eigenvalue weighted by Crippen LogP contribution is 2.47. The van der Waals surface area contributed by atoms with Crippen LogP contribution in [0.15, 0.2) is 142 Å². The van der Waals surface area contributed by atoms with Gasteiger partial charge in [-0.25, -0.2) is 18.8 Å². The number of nitrogens with zero attached hydrogens (tertiary/aromatic N) is 4. The Balaban J connectivity index is 1.31. The third-order valence-electron chi connectivity index (χ3n) is 9.42. The highest BCUT2D eigenvalue weighted by atomic mass is 32.2. The molecule has 2 atom stereocenters. The maximum absolute atomic E-state index is 14.9. The number of hydrogen-bond acceptors (Lipinski definition) is 9. The Kier molecular flexibility index (Phi) is 10.2. The number of hydrogen-bond donors (Lipinski definition) is 3. The van der Waals surface area contributed by atoms with Crippen molar-refractivity contribution in [2.45, 2.75) is 35.4 Å². The van der Waals surface area contributed by atoms with Crippen LogP contribution in [0.4, 0.5) is 5.69 Å². The molecule has 0 saturated carbocycles. The molecule has 7 rings (SSSR count). The summed E-state index contributed by atoms with van der Waals surface area (Å²) in [6, 6.07) is 37.0. The number of aliphatic hydroxyl groups excluding tert-OH is 1. The van der Waals surface area contributed by atoms with E-state index in [1.54, 1.807) is 66.7 Å². The van der Waals surface area contributed by atoms with Crippen LogP contribution in [0.5, 0.6) is 5.75 Å². The zero-order valence-electron chi connectivity index (χ0n) is 28.5. The Hall–Kier alpha value is -5.98. The number of carbonyl (C=O) groups is 1. The molecule has 5 aromatic carbocycles. The standard InChI is InChI=1S/C40H36N6O6S/c41-46-43-35-18-9-8-17-34(35)37-40(23-26-53(49,50)29-11-2-1-3-12-29,42-38(52-37)27-19-21-28(22-20-27)51-25-10-24-47)39(48)45-44-36-32-15-6-4-13-30(32)31-14-5-7-16-33(31)36/h1-9,11-22,36-37,44,47H,10,23-26H2,(H,45,48)/t37-,40-/m0/s1. The zero-order valence-corrected chi connectivity index (χ0v) is 29.3. The van der Waals surface area contributed by atoms with Crippen molar-refractivity contribution in [2.24, 2.45) is 10.1 Å². The van der Waals surface area contributed by atoms with Gasteiger partial charge >= 0.3 is 0 Å². The maximum atomic E-state index is 14.9. The van der Waals surface area contributed by atoms with Crippen LogP contribution in [0.25, 0.3) is 21.6 Å². The predicted molar refractivity (Wildman–Crippen MR) is 200 cm³/mol. The fraction of sp³-hybridized carbons (Fsp3) is 0.200. The summed E-state index contributed by atoms with van der Waals surface area (Å²) in [5, 5.41) is 13.0. The minimum absolute atomic E-state index is 0.000203. The summed E-state index contributed by atoms with van der Waals surface area (Å²) >= 11 is 0. The Bertz CT molecular complexity index is 2270. The third-order valence-corrected chi connectivity index (χ3v) is 11.2. The van der Waals surface area contributed by atoms with Gasteiger partial charge in [0.25, 0.3) is 5.91 Å². The number of fused-ring (bicyclic) bond motifs is 3. The van der Waals surface area contributed by atoms with Gasteiger partial charge in [-0.15, -0.1) is 0 Å². The molecule has 3 N–H and O–H groups in total. The van der Waals surface area contributed by atoms with Crippen molar-refractivity contribution in [2.75, 3.05) is 19.0 Å². The molecule has 5 aromatic rings. The Labute approximate surface area is 306 Å². The number of sulfone groups is 1. The first-order valence-corrected chi connectivity index (χ1v) is 18.8. The number of nitrogens with one attached hydrogen (secondary N) is 2. The zero-order chi connectivity index (χ0) is 36.8. The molecule has 0 saturated heterocycles. The van der Waals surface area contributed by atoms with E-state index in [4.69, 9.17) is 19.6 Å². The Morgan fingerprint density at radius 2 is 1.49 bits per heavy atom. The molecule has 0 aromatic heterocycles. The molecule has 268 valence electrons. The number of hydrazine groups is 1. The van der Waals surface area contributed by atoms with E-state index >= 15 is 0 Å². The smallest absolute Gasteiger partial charge is 0.266 e. The molecule has 1 amide bonds. The van der Waals surface area contributed by atoms with Crippen LogP contribution in [0.3, 0.4) is 0 Å². The van der Waals surface area contributed by atoms with Crippen molar-refractivity contribution < 1.29 is 27.8 Å². The van der Waals surface area contributed by atoms with Gasteiger partial charge in [0.05, 0.1) is 23.3 Å². The second-order valence-electron chi connectivity index (χ2n) is 12.6. The summed E-state index contributed by atoms with van der Waals surface area (Å²) in [5.41, 5.74) is 18.8. The van der Waals surface area contributed by atoms with E-state index in [-0.39, 0.29) is 29.5 Å². The van der Waals surface area contributed by atoms with E-state index in [2.05, 4.69) is 20.9 Å². The summed E-state index contributed by atoms with van der Waals surface area (Å²) in [5.74, 6) is -0.429. The molecule has 1 aliphatic carbocycles. The van der Waals surface area contributed by atoms with Gasteiger partial charge in [0.1, 0.15) is 5.75 Å². The van der Waals surface area contributed by atoms with Gasteiger partial charge in [-0.1, -0.05) is 96.1 Å². The van der Waals surface area contributed by atoms with Crippen molar-refractivity contribution in [3.05, 3.63) is 160 Å². The van der Waals surface area contributed by atoms with Crippen molar-refractivity contribution in [3.8, 4) is 16.9 Å². The van der Waals surface area contributed by atoms with Gasteiger partial charge < -0.3 is 14.6 Å². The molecule has 0 radical (unpaired) electrons. The van der Waals surface area contributed by atoms with Crippen LogP contribution in [-0.4, -0.2) is 49.8 Å². The molecule has 0 bridgehead atoms. The molecule has 12 nitrogen and oxygen atoms in total.